The summed E-state index contributed by atoms with van der Waals surface area (Å²) in [5, 5.41) is 6.00. The van der Waals surface area contributed by atoms with Gasteiger partial charge >= 0.3 is 0 Å². The van der Waals surface area contributed by atoms with Crippen molar-refractivity contribution in [3.8, 4) is 0 Å². The molecular formula is C15H16BrN3O. The van der Waals surface area contributed by atoms with Crippen LogP contribution in [0, 0.1) is 0 Å². The molecule has 1 amide bonds. The van der Waals surface area contributed by atoms with Crippen molar-refractivity contribution in [2.45, 2.75) is 19.8 Å². The van der Waals surface area contributed by atoms with E-state index < -0.39 is 0 Å². The molecule has 1 aromatic carbocycles. The minimum atomic E-state index is -0.00676. The molecule has 0 bridgehead atoms. The second kappa shape index (κ2) is 7.05. The van der Waals surface area contributed by atoms with E-state index in [1.165, 1.54) is 0 Å². The molecule has 4 nitrogen and oxygen atoms in total. The Balaban J connectivity index is 1.99. The predicted molar refractivity (Wildman–Crippen MR) is 85.2 cm³/mol. The summed E-state index contributed by atoms with van der Waals surface area (Å²) >= 11 is 3.43. The van der Waals surface area contributed by atoms with Gasteiger partial charge in [0.1, 0.15) is 5.82 Å². The van der Waals surface area contributed by atoms with Gasteiger partial charge in [0.05, 0.1) is 11.9 Å². The van der Waals surface area contributed by atoms with E-state index in [9.17, 15) is 4.79 Å². The molecule has 0 spiro atoms. The summed E-state index contributed by atoms with van der Waals surface area (Å²) in [6.45, 7) is 1.97. The standard InChI is InChI=1S/C15H16BrN3O/c1-2-4-15(20)19-14-8-7-13(10-17-14)18-12-6-3-5-11(16)9-12/h3,5-10,18H,2,4H2,1H3,(H,17,19,20). The molecule has 0 aliphatic rings. The molecule has 0 radical (unpaired) electrons. The minimum absolute atomic E-state index is 0.00676. The Kier molecular flexibility index (Phi) is 5.12. The minimum Gasteiger partial charge on any atom is -0.354 e. The summed E-state index contributed by atoms with van der Waals surface area (Å²) in [4.78, 5) is 15.7. The van der Waals surface area contributed by atoms with Crippen molar-refractivity contribution in [3.05, 3.63) is 47.1 Å². The number of hydrogen-bond donors (Lipinski definition) is 2. The molecule has 0 saturated carbocycles. The van der Waals surface area contributed by atoms with E-state index in [-0.39, 0.29) is 5.91 Å². The van der Waals surface area contributed by atoms with Crippen LogP contribution < -0.4 is 10.6 Å². The molecule has 5 heteroatoms. The quantitative estimate of drug-likeness (QED) is 0.856. The van der Waals surface area contributed by atoms with E-state index in [1.807, 2.05) is 37.3 Å². The van der Waals surface area contributed by atoms with Gasteiger partial charge in [-0.1, -0.05) is 28.9 Å². The zero-order valence-corrected chi connectivity index (χ0v) is 12.8. The van der Waals surface area contributed by atoms with Crippen molar-refractivity contribution in [2.24, 2.45) is 0 Å². The Labute approximate surface area is 126 Å². The third-order valence-corrected chi connectivity index (χ3v) is 3.11. The number of aromatic nitrogens is 1. The van der Waals surface area contributed by atoms with E-state index in [0.29, 0.717) is 12.2 Å². The predicted octanol–water partition coefficient (Wildman–Crippen LogP) is 4.33. The molecule has 2 rings (SSSR count). The number of hydrogen-bond acceptors (Lipinski definition) is 3. The second-order valence-electron chi connectivity index (χ2n) is 4.37. The zero-order chi connectivity index (χ0) is 14.4. The van der Waals surface area contributed by atoms with Crippen LogP contribution in [0.25, 0.3) is 0 Å². The van der Waals surface area contributed by atoms with Crippen LogP contribution in [0.1, 0.15) is 19.8 Å². The molecule has 0 saturated heterocycles. The fourth-order valence-electron chi connectivity index (χ4n) is 1.71. The second-order valence-corrected chi connectivity index (χ2v) is 5.28. The van der Waals surface area contributed by atoms with Gasteiger partial charge in [-0.3, -0.25) is 4.79 Å². The summed E-state index contributed by atoms with van der Waals surface area (Å²) in [5.41, 5.74) is 1.85. The van der Waals surface area contributed by atoms with Crippen molar-refractivity contribution in [3.63, 3.8) is 0 Å². The maximum absolute atomic E-state index is 11.5. The maximum atomic E-state index is 11.5. The van der Waals surface area contributed by atoms with Crippen molar-refractivity contribution in [1.29, 1.82) is 0 Å². The molecule has 0 aliphatic carbocycles. The average Bonchev–Trinajstić information content (AvgIpc) is 2.41. The van der Waals surface area contributed by atoms with Gasteiger partial charge in [0.15, 0.2) is 0 Å². The number of halogens is 1. The summed E-state index contributed by atoms with van der Waals surface area (Å²) in [6, 6.07) is 11.6. The number of nitrogens with zero attached hydrogens (tertiary/aromatic N) is 1. The van der Waals surface area contributed by atoms with E-state index >= 15 is 0 Å². The average molecular weight is 334 g/mol. The molecule has 0 unspecified atom stereocenters. The van der Waals surface area contributed by atoms with Crippen LogP contribution in [-0.2, 0) is 4.79 Å². The summed E-state index contributed by atoms with van der Waals surface area (Å²) in [7, 11) is 0. The van der Waals surface area contributed by atoms with Crippen LogP contribution in [0.5, 0.6) is 0 Å². The SMILES string of the molecule is CCCC(=O)Nc1ccc(Nc2cccc(Br)c2)cn1. The van der Waals surface area contributed by atoms with Crippen molar-refractivity contribution < 1.29 is 4.79 Å². The molecule has 1 heterocycles. The lowest BCUT2D eigenvalue weighted by atomic mass is 10.3. The lowest BCUT2D eigenvalue weighted by molar-refractivity contribution is -0.116. The van der Waals surface area contributed by atoms with Gasteiger partial charge in [-0.05, 0) is 36.8 Å². The Morgan fingerprint density at radius 1 is 1.25 bits per heavy atom. The highest BCUT2D eigenvalue weighted by molar-refractivity contribution is 9.10. The van der Waals surface area contributed by atoms with Gasteiger partial charge in [0.2, 0.25) is 5.91 Å². The largest absolute Gasteiger partial charge is 0.354 e. The third kappa shape index (κ3) is 4.35. The van der Waals surface area contributed by atoms with Crippen molar-refractivity contribution in [1.82, 2.24) is 4.98 Å². The van der Waals surface area contributed by atoms with Gasteiger partial charge < -0.3 is 10.6 Å². The molecular weight excluding hydrogens is 318 g/mol. The monoisotopic (exact) mass is 333 g/mol. The molecule has 1 aromatic heterocycles. The van der Waals surface area contributed by atoms with Crippen molar-refractivity contribution >= 4 is 39.0 Å². The molecule has 0 atom stereocenters. The van der Waals surface area contributed by atoms with E-state index in [4.69, 9.17) is 0 Å². The number of nitrogens with one attached hydrogen (secondary N) is 2. The first kappa shape index (κ1) is 14.5. The van der Waals surface area contributed by atoms with E-state index in [2.05, 4.69) is 31.5 Å². The summed E-state index contributed by atoms with van der Waals surface area (Å²) in [6.07, 6.45) is 3.04. The molecule has 2 aromatic rings. The first-order valence-corrected chi connectivity index (χ1v) is 7.25. The number of amides is 1. The number of anilines is 3. The topological polar surface area (TPSA) is 54.0 Å². The number of pyridine rings is 1. The van der Waals surface area contributed by atoms with Gasteiger partial charge in [0.25, 0.3) is 0 Å². The molecule has 0 fully saturated rings. The number of carbonyl (C=O) groups excluding carboxylic acids is 1. The maximum Gasteiger partial charge on any atom is 0.225 e. The Hall–Kier alpha value is -1.88. The van der Waals surface area contributed by atoms with Crippen LogP contribution in [0.4, 0.5) is 17.2 Å². The van der Waals surface area contributed by atoms with Crippen molar-refractivity contribution in [2.75, 3.05) is 10.6 Å². The number of rotatable bonds is 5. The van der Waals surface area contributed by atoms with Gasteiger partial charge in [-0.25, -0.2) is 4.98 Å². The fourth-order valence-corrected chi connectivity index (χ4v) is 2.11. The highest BCUT2D eigenvalue weighted by atomic mass is 79.9. The Bertz CT molecular complexity index is 584. The third-order valence-electron chi connectivity index (χ3n) is 2.62. The highest BCUT2D eigenvalue weighted by Crippen LogP contribution is 2.20. The van der Waals surface area contributed by atoms with Crippen LogP contribution in [-0.4, -0.2) is 10.9 Å². The number of benzene rings is 1. The van der Waals surface area contributed by atoms with E-state index in [1.54, 1.807) is 12.3 Å². The fraction of sp³-hybridized carbons (Fsp3) is 0.200. The first-order valence-electron chi connectivity index (χ1n) is 6.46. The normalized spacial score (nSPS) is 10.1. The molecule has 20 heavy (non-hydrogen) atoms. The zero-order valence-electron chi connectivity index (χ0n) is 11.2. The van der Waals surface area contributed by atoms with Crippen LogP contribution in [0.3, 0.4) is 0 Å². The molecule has 2 N–H and O–H groups in total. The summed E-state index contributed by atoms with van der Waals surface area (Å²) in [5.74, 6) is 0.566. The first-order chi connectivity index (χ1) is 9.67. The van der Waals surface area contributed by atoms with E-state index in [0.717, 1.165) is 22.3 Å². The molecule has 0 aliphatic heterocycles. The van der Waals surface area contributed by atoms with Gasteiger partial charge in [-0.15, -0.1) is 0 Å². The lowest BCUT2D eigenvalue weighted by Crippen LogP contribution is -2.11. The lowest BCUT2D eigenvalue weighted by Gasteiger charge is -2.08. The molecule has 104 valence electrons. The summed E-state index contributed by atoms with van der Waals surface area (Å²) < 4.78 is 1.01. The smallest absolute Gasteiger partial charge is 0.225 e. The van der Waals surface area contributed by atoms with Crippen LogP contribution in [0.15, 0.2) is 47.1 Å². The van der Waals surface area contributed by atoms with Crippen LogP contribution in [0.2, 0.25) is 0 Å². The Morgan fingerprint density at radius 3 is 2.75 bits per heavy atom. The Morgan fingerprint density at radius 2 is 2.10 bits per heavy atom. The van der Waals surface area contributed by atoms with Crippen LogP contribution >= 0.6 is 15.9 Å². The van der Waals surface area contributed by atoms with Gasteiger partial charge in [-0.2, -0.15) is 0 Å². The highest BCUT2D eigenvalue weighted by Gasteiger charge is 2.02. The van der Waals surface area contributed by atoms with Gasteiger partial charge in [0, 0.05) is 16.6 Å². The number of carbonyl (C=O) groups is 1.